The highest BCUT2D eigenvalue weighted by atomic mass is 19.1. The minimum absolute atomic E-state index is 0.0976. The Labute approximate surface area is 198 Å². The Morgan fingerprint density at radius 2 is 1.51 bits per heavy atom. The summed E-state index contributed by atoms with van der Waals surface area (Å²) in [6, 6.07) is 18.2. The molecule has 0 aliphatic carbocycles. The van der Waals surface area contributed by atoms with E-state index in [0.29, 0.717) is 14.9 Å². The van der Waals surface area contributed by atoms with E-state index in [1.807, 2.05) is 0 Å². The average Bonchev–Trinajstić information content (AvgIpc) is 2.84. The number of nitrogens with two attached hydrogens (primary N) is 1. The summed E-state index contributed by atoms with van der Waals surface area (Å²) in [5.41, 5.74) is 3.48. The van der Waals surface area contributed by atoms with Crippen LogP contribution in [0.25, 0.3) is 5.69 Å². The van der Waals surface area contributed by atoms with Gasteiger partial charge < -0.3 is 10.5 Å². The Morgan fingerprint density at radius 3 is 2.17 bits per heavy atom. The second-order valence-electron chi connectivity index (χ2n) is 7.80. The van der Waals surface area contributed by atoms with Crippen molar-refractivity contribution in [2.24, 2.45) is 5.73 Å². The van der Waals surface area contributed by atoms with Crippen LogP contribution in [-0.2, 0) is 13.0 Å². The summed E-state index contributed by atoms with van der Waals surface area (Å²) >= 11 is 0. The van der Waals surface area contributed by atoms with Gasteiger partial charge in [-0.05, 0) is 29.8 Å². The van der Waals surface area contributed by atoms with Crippen molar-refractivity contribution in [2.45, 2.75) is 19.1 Å². The number of methoxy groups -OCH3 is 1. The van der Waals surface area contributed by atoms with Gasteiger partial charge in [-0.15, -0.1) is 0 Å². The maximum atomic E-state index is 14.4. The molecule has 1 unspecified atom stereocenters. The second-order valence-corrected chi connectivity index (χ2v) is 7.80. The molecule has 1 aromatic heterocycles. The van der Waals surface area contributed by atoms with Gasteiger partial charge in [0.2, 0.25) is 0 Å². The smallest absolute Gasteiger partial charge is 0.342 e. The topological polar surface area (TPSA) is 101 Å². The van der Waals surface area contributed by atoms with Gasteiger partial charge in [-0.3, -0.25) is 0 Å². The largest absolute Gasteiger partial charge is 0.497 e. The minimum atomic E-state index is -1.16. The molecule has 0 saturated heterocycles. The predicted molar refractivity (Wildman–Crippen MR) is 126 cm³/mol. The van der Waals surface area contributed by atoms with Crippen molar-refractivity contribution < 1.29 is 13.5 Å². The minimum Gasteiger partial charge on any atom is -0.497 e. The van der Waals surface area contributed by atoms with Gasteiger partial charge >= 0.3 is 17.1 Å². The molecule has 0 aliphatic heterocycles. The molecule has 4 aromatic rings. The fourth-order valence-corrected chi connectivity index (χ4v) is 3.78. The summed E-state index contributed by atoms with van der Waals surface area (Å²) in [6.45, 7) is -0.738. The first-order valence-electron chi connectivity index (χ1n) is 10.7. The van der Waals surface area contributed by atoms with Crippen molar-refractivity contribution in [2.75, 3.05) is 7.11 Å². The summed E-state index contributed by atoms with van der Waals surface area (Å²) in [7, 11) is 1.41. The molecule has 0 radical (unpaired) electrons. The lowest BCUT2D eigenvalue weighted by Crippen LogP contribution is -2.56. The average molecular weight is 480 g/mol. The first-order valence-corrected chi connectivity index (χ1v) is 10.7. The van der Waals surface area contributed by atoms with Crippen LogP contribution in [0.5, 0.6) is 5.75 Å². The van der Waals surface area contributed by atoms with Crippen molar-refractivity contribution in [3.8, 4) is 11.4 Å². The van der Waals surface area contributed by atoms with Crippen LogP contribution in [0.15, 0.2) is 87.2 Å². The second kappa shape index (κ2) is 9.90. The zero-order chi connectivity index (χ0) is 25.1. The Balaban J connectivity index is 1.96. The summed E-state index contributed by atoms with van der Waals surface area (Å²) in [5, 5.41) is 0. The lowest BCUT2D eigenvalue weighted by atomic mass is 10.1. The van der Waals surface area contributed by atoms with Gasteiger partial charge in [-0.25, -0.2) is 36.9 Å². The van der Waals surface area contributed by atoms with Crippen LogP contribution in [0.1, 0.15) is 17.3 Å². The molecular weight excluding hydrogens is 458 g/mol. The highest BCUT2D eigenvalue weighted by molar-refractivity contribution is 5.39. The maximum Gasteiger partial charge on any atom is 0.342 e. The van der Waals surface area contributed by atoms with Crippen LogP contribution in [0.2, 0.25) is 0 Å². The maximum absolute atomic E-state index is 14.4. The van der Waals surface area contributed by atoms with Gasteiger partial charge in [0.05, 0.1) is 25.5 Å². The number of hydrogen-bond donors (Lipinski definition) is 1. The van der Waals surface area contributed by atoms with Crippen molar-refractivity contribution >= 4 is 0 Å². The molecule has 10 heteroatoms. The van der Waals surface area contributed by atoms with E-state index in [4.69, 9.17) is 10.5 Å². The van der Waals surface area contributed by atoms with Crippen LogP contribution in [0.3, 0.4) is 0 Å². The van der Waals surface area contributed by atoms with E-state index >= 15 is 0 Å². The molecule has 0 saturated carbocycles. The number of halogens is 2. The molecule has 1 heterocycles. The molecule has 0 amide bonds. The van der Waals surface area contributed by atoms with Crippen LogP contribution in [0, 0.1) is 11.6 Å². The molecule has 0 spiro atoms. The summed E-state index contributed by atoms with van der Waals surface area (Å²) < 4.78 is 36.0. The molecule has 3 aromatic carbocycles. The van der Waals surface area contributed by atoms with Crippen LogP contribution < -0.4 is 27.5 Å². The van der Waals surface area contributed by atoms with Crippen molar-refractivity contribution in [3.05, 3.63) is 127 Å². The van der Waals surface area contributed by atoms with Crippen molar-refractivity contribution in [1.82, 2.24) is 13.7 Å². The number of aromatic nitrogens is 3. The third-order valence-corrected chi connectivity index (χ3v) is 5.57. The van der Waals surface area contributed by atoms with Crippen LogP contribution in [0.4, 0.5) is 8.78 Å². The Hall–Kier alpha value is -4.31. The molecule has 35 heavy (non-hydrogen) atoms. The summed E-state index contributed by atoms with van der Waals surface area (Å²) in [6.07, 6.45) is -1.06. The zero-order valence-electron chi connectivity index (χ0n) is 18.7. The van der Waals surface area contributed by atoms with Crippen molar-refractivity contribution in [1.29, 1.82) is 0 Å². The number of benzene rings is 3. The Morgan fingerprint density at radius 1 is 0.857 bits per heavy atom. The van der Waals surface area contributed by atoms with E-state index in [9.17, 15) is 23.2 Å². The van der Waals surface area contributed by atoms with E-state index in [0.717, 1.165) is 22.3 Å². The fraction of sp³-hybridized carbons (Fsp3) is 0.160. The number of ether oxygens (including phenoxy) is 1. The first-order chi connectivity index (χ1) is 16.8. The fourth-order valence-electron chi connectivity index (χ4n) is 3.78. The monoisotopic (exact) mass is 480 g/mol. The normalized spacial score (nSPS) is 11.9. The molecule has 8 nitrogen and oxygen atoms in total. The van der Waals surface area contributed by atoms with Gasteiger partial charge in [-0.1, -0.05) is 42.5 Å². The third kappa shape index (κ3) is 4.69. The van der Waals surface area contributed by atoms with Crippen LogP contribution >= 0.6 is 0 Å². The van der Waals surface area contributed by atoms with Gasteiger partial charge in [0.15, 0.2) is 0 Å². The van der Waals surface area contributed by atoms with E-state index in [1.54, 1.807) is 42.5 Å². The molecule has 4 rings (SSSR count). The molecule has 0 bridgehead atoms. The summed E-state index contributed by atoms with van der Waals surface area (Å²) in [4.78, 5) is 40.1. The number of nitrogens with zero attached hydrogens (tertiary/aromatic N) is 3. The lowest BCUT2D eigenvalue weighted by Gasteiger charge is -2.19. The molecule has 0 aliphatic rings. The number of rotatable bonds is 7. The molecule has 180 valence electrons. The van der Waals surface area contributed by atoms with E-state index in [1.165, 1.54) is 25.3 Å². The highest BCUT2D eigenvalue weighted by Crippen LogP contribution is 2.15. The lowest BCUT2D eigenvalue weighted by molar-refractivity contribution is 0.411. The molecular formula is C25H22F2N4O4. The molecule has 1 atom stereocenters. The first kappa shape index (κ1) is 23.8. The van der Waals surface area contributed by atoms with Crippen LogP contribution in [-0.4, -0.2) is 20.8 Å². The standard InChI is InChI=1S/C25H22F2N4O4/c1-35-18-10-5-9-17(14-18)30-23(32)29(15-19-20(26)11-6-12-21(19)27)24(33)31(25(30)34)22(28)13-16-7-3-2-4-8-16/h2-12,14,22H,13,15,28H2,1H3. The predicted octanol–water partition coefficient (Wildman–Crippen LogP) is 2.20. The Bertz CT molecular complexity index is 1520. The van der Waals surface area contributed by atoms with E-state index in [-0.39, 0.29) is 12.1 Å². The van der Waals surface area contributed by atoms with E-state index in [2.05, 4.69) is 0 Å². The van der Waals surface area contributed by atoms with Gasteiger partial charge in [0.25, 0.3) is 0 Å². The summed E-state index contributed by atoms with van der Waals surface area (Å²) in [5.74, 6) is -1.52. The number of hydrogen-bond acceptors (Lipinski definition) is 5. The third-order valence-electron chi connectivity index (χ3n) is 5.57. The highest BCUT2D eigenvalue weighted by Gasteiger charge is 2.23. The van der Waals surface area contributed by atoms with Crippen molar-refractivity contribution in [3.63, 3.8) is 0 Å². The SMILES string of the molecule is COc1cccc(-n2c(=O)n(Cc3c(F)cccc3F)c(=O)n(C(N)Cc3ccccc3)c2=O)c1. The Kier molecular flexibility index (Phi) is 6.74. The van der Waals surface area contributed by atoms with Gasteiger partial charge in [0.1, 0.15) is 17.4 Å². The molecule has 0 fully saturated rings. The zero-order valence-corrected chi connectivity index (χ0v) is 18.7. The van der Waals surface area contributed by atoms with Gasteiger partial charge in [-0.2, -0.15) is 0 Å². The van der Waals surface area contributed by atoms with E-state index < -0.39 is 47.0 Å². The molecule has 2 N–H and O–H groups in total. The quantitative estimate of drug-likeness (QED) is 0.437. The van der Waals surface area contributed by atoms with Gasteiger partial charge in [0, 0.05) is 18.1 Å².